The Hall–Kier alpha value is -2.61. The van der Waals surface area contributed by atoms with Crippen molar-refractivity contribution in [1.82, 2.24) is 0 Å². The van der Waals surface area contributed by atoms with Gasteiger partial charge >= 0.3 is 0 Å². The van der Waals surface area contributed by atoms with E-state index in [1.165, 1.54) is 41.4 Å². The zero-order valence-electron chi connectivity index (χ0n) is 16.5. The van der Waals surface area contributed by atoms with E-state index in [9.17, 15) is 17.6 Å². The fourth-order valence-corrected chi connectivity index (χ4v) is 4.40. The minimum Gasteiger partial charge on any atom is -0.372 e. The molecule has 1 N–H and O–H groups in total. The van der Waals surface area contributed by atoms with Crippen LogP contribution in [0.15, 0.2) is 48.5 Å². The third-order valence-corrected chi connectivity index (χ3v) is 6.10. The highest BCUT2D eigenvalue weighted by atomic mass is 32.2. The Morgan fingerprint density at radius 3 is 2.28 bits per heavy atom. The summed E-state index contributed by atoms with van der Waals surface area (Å²) in [4.78, 5) is 14.5. The summed E-state index contributed by atoms with van der Waals surface area (Å²) in [6, 6.07) is 13.0. The summed E-state index contributed by atoms with van der Waals surface area (Å²) in [5.41, 5.74) is 2.26. The molecule has 0 atom stereocenters. The second-order valence-electron chi connectivity index (χ2n) is 7.20. The fraction of sp³-hybridized carbons (Fsp3) is 0.381. The van der Waals surface area contributed by atoms with Crippen LogP contribution in [0.3, 0.4) is 0 Å². The average Bonchev–Trinajstić information content (AvgIpc) is 3.21. The van der Waals surface area contributed by atoms with E-state index in [4.69, 9.17) is 0 Å². The number of rotatable bonds is 8. The lowest BCUT2D eigenvalue weighted by molar-refractivity contribution is -0.116. The molecular weight excluding hydrogens is 393 g/mol. The number of carbonyl (C=O) groups excluding carboxylic acids is 1. The molecule has 2 aromatic rings. The molecular formula is C21H26FN3O3S. The molecule has 1 saturated heterocycles. The van der Waals surface area contributed by atoms with E-state index < -0.39 is 15.8 Å². The first-order chi connectivity index (χ1) is 13.8. The molecule has 1 aliphatic heterocycles. The van der Waals surface area contributed by atoms with Gasteiger partial charge in [-0.3, -0.25) is 9.10 Å². The fourth-order valence-electron chi connectivity index (χ4n) is 3.43. The summed E-state index contributed by atoms with van der Waals surface area (Å²) in [5, 5.41) is 2.84. The van der Waals surface area contributed by atoms with Crippen LogP contribution in [-0.4, -0.2) is 40.2 Å². The van der Waals surface area contributed by atoms with Crippen molar-refractivity contribution in [2.45, 2.75) is 25.7 Å². The molecule has 8 heteroatoms. The highest BCUT2D eigenvalue weighted by molar-refractivity contribution is 7.92. The first-order valence-electron chi connectivity index (χ1n) is 9.71. The summed E-state index contributed by atoms with van der Waals surface area (Å²) in [5.74, 6) is -0.608. The third kappa shape index (κ3) is 5.93. The van der Waals surface area contributed by atoms with Crippen LogP contribution >= 0.6 is 0 Å². The first-order valence-corrected chi connectivity index (χ1v) is 11.6. The van der Waals surface area contributed by atoms with Crippen molar-refractivity contribution in [2.75, 3.05) is 40.4 Å². The second kappa shape index (κ2) is 9.26. The molecule has 0 bridgehead atoms. The molecule has 1 fully saturated rings. The van der Waals surface area contributed by atoms with Crippen LogP contribution in [-0.2, 0) is 14.8 Å². The Balaban J connectivity index is 1.52. The Morgan fingerprint density at radius 1 is 1.07 bits per heavy atom. The van der Waals surface area contributed by atoms with Crippen LogP contribution in [0.4, 0.5) is 21.5 Å². The van der Waals surface area contributed by atoms with Crippen molar-refractivity contribution in [3.63, 3.8) is 0 Å². The Kier molecular flexibility index (Phi) is 6.74. The predicted molar refractivity (Wildman–Crippen MR) is 114 cm³/mol. The number of amides is 1. The molecule has 0 unspecified atom stereocenters. The summed E-state index contributed by atoms with van der Waals surface area (Å²) in [6.45, 7) is 2.28. The van der Waals surface area contributed by atoms with E-state index in [0.29, 0.717) is 12.1 Å². The molecule has 1 aliphatic rings. The highest BCUT2D eigenvalue weighted by Gasteiger charge is 2.18. The number of anilines is 3. The van der Waals surface area contributed by atoms with Crippen molar-refractivity contribution in [1.29, 1.82) is 0 Å². The van der Waals surface area contributed by atoms with Gasteiger partial charge in [-0.2, -0.15) is 0 Å². The van der Waals surface area contributed by atoms with Gasteiger partial charge in [-0.1, -0.05) is 0 Å². The van der Waals surface area contributed by atoms with E-state index in [2.05, 4.69) is 10.2 Å². The Bertz CT molecular complexity index is 925. The topological polar surface area (TPSA) is 69.7 Å². The largest absolute Gasteiger partial charge is 0.372 e. The zero-order valence-corrected chi connectivity index (χ0v) is 17.3. The van der Waals surface area contributed by atoms with Gasteiger partial charge in [0.25, 0.3) is 0 Å². The third-order valence-electron chi connectivity index (χ3n) is 4.90. The van der Waals surface area contributed by atoms with Gasteiger partial charge in [-0.15, -0.1) is 0 Å². The number of nitrogens with zero attached hydrogens (tertiary/aromatic N) is 2. The van der Waals surface area contributed by atoms with E-state index in [0.717, 1.165) is 30.7 Å². The van der Waals surface area contributed by atoms with E-state index in [-0.39, 0.29) is 18.9 Å². The molecule has 2 aromatic carbocycles. The maximum atomic E-state index is 13.1. The Labute approximate surface area is 171 Å². The van der Waals surface area contributed by atoms with Gasteiger partial charge in [-0.05, 0) is 67.8 Å². The van der Waals surface area contributed by atoms with Crippen molar-refractivity contribution in [3.8, 4) is 0 Å². The molecule has 29 heavy (non-hydrogen) atoms. The molecule has 3 rings (SSSR count). The molecule has 6 nitrogen and oxygen atoms in total. The number of benzene rings is 2. The van der Waals surface area contributed by atoms with Crippen molar-refractivity contribution >= 4 is 33.0 Å². The number of carbonyl (C=O) groups is 1. The molecule has 0 saturated carbocycles. The van der Waals surface area contributed by atoms with Crippen LogP contribution < -0.4 is 14.5 Å². The van der Waals surface area contributed by atoms with E-state index in [1.807, 2.05) is 24.3 Å². The summed E-state index contributed by atoms with van der Waals surface area (Å²) < 4.78 is 38.4. The lowest BCUT2D eigenvalue weighted by Gasteiger charge is -2.22. The predicted octanol–water partition coefficient (Wildman–Crippen LogP) is 3.61. The van der Waals surface area contributed by atoms with Gasteiger partial charge in [0.1, 0.15) is 5.82 Å². The van der Waals surface area contributed by atoms with Gasteiger partial charge in [0.2, 0.25) is 15.9 Å². The number of hydrogen-bond acceptors (Lipinski definition) is 4. The number of nitrogens with one attached hydrogen (secondary N) is 1. The number of hydrogen-bond donors (Lipinski definition) is 1. The normalized spacial score (nSPS) is 14.1. The number of halogens is 1. The quantitative estimate of drug-likeness (QED) is 0.710. The van der Waals surface area contributed by atoms with Crippen molar-refractivity contribution in [2.24, 2.45) is 0 Å². The standard InChI is InChI=1S/C21H26FN3O3S/c1-29(27,28)25(20-10-6-17(22)7-11-20)16-4-5-21(26)23-18-8-12-19(13-9-18)24-14-2-3-15-24/h6-13H,2-5,14-16H2,1H3,(H,23,26). The maximum Gasteiger partial charge on any atom is 0.232 e. The van der Waals surface area contributed by atoms with Gasteiger partial charge in [0.15, 0.2) is 0 Å². The minimum atomic E-state index is -3.53. The van der Waals surface area contributed by atoms with Gasteiger partial charge in [0, 0.05) is 37.4 Å². The smallest absolute Gasteiger partial charge is 0.232 e. The van der Waals surface area contributed by atoms with Gasteiger partial charge < -0.3 is 10.2 Å². The van der Waals surface area contributed by atoms with E-state index in [1.54, 1.807) is 0 Å². The molecule has 1 amide bonds. The minimum absolute atomic E-state index is 0.145. The Morgan fingerprint density at radius 2 is 1.69 bits per heavy atom. The molecule has 156 valence electrons. The second-order valence-corrected chi connectivity index (χ2v) is 9.11. The summed E-state index contributed by atoms with van der Waals surface area (Å²) >= 11 is 0. The van der Waals surface area contributed by atoms with Gasteiger partial charge in [0.05, 0.1) is 11.9 Å². The van der Waals surface area contributed by atoms with Crippen LogP contribution in [0.5, 0.6) is 0 Å². The zero-order chi connectivity index (χ0) is 20.9. The molecule has 0 spiro atoms. The summed E-state index contributed by atoms with van der Waals surface area (Å²) in [6.07, 6.45) is 4.05. The van der Waals surface area contributed by atoms with Crippen LogP contribution in [0.1, 0.15) is 25.7 Å². The SMILES string of the molecule is CS(=O)(=O)N(CCCC(=O)Nc1ccc(N2CCCC2)cc1)c1ccc(F)cc1. The lowest BCUT2D eigenvalue weighted by Crippen LogP contribution is -2.31. The highest BCUT2D eigenvalue weighted by Crippen LogP contribution is 2.22. The van der Waals surface area contributed by atoms with Gasteiger partial charge in [-0.25, -0.2) is 12.8 Å². The van der Waals surface area contributed by atoms with E-state index >= 15 is 0 Å². The first kappa shape index (κ1) is 21.1. The monoisotopic (exact) mass is 419 g/mol. The van der Waals surface area contributed by atoms with Crippen LogP contribution in [0, 0.1) is 5.82 Å². The molecule has 0 radical (unpaired) electrons. The molecule has 1 heterocycles. The van der Waals surface area contributed by atoms with Crippen LogP contribution in [0.2, 0.25) is 0 Å². The maximum absolute atomic E-state index is 13.1. The van der Waals surface area contributed by atoms with Crippen LogP contribution in [0.25, 0.3) is 0 Å². The number of sulfonamides is 1. The molecule has 0 aliphatic carbocycles. The molecule has 0 aromatic heterocycles. The van der Waals surface area contributed by atoms with Crippen molar-refractivity contribution < 1.29 is 17.6 Å². The van der Waals surface area contributed by atoms with Crippen molar-refractivity contribution in [3.05, 3.63) is 54.3 Å². The average molecular weight is 420 g/mol. The summed E-state index contributed by atoms with van der Waals surface area (Å²) in [7, 11) is -3.53. The lowest BCUT2D eigenvalue weighted by atomic mass is 10.2.